The zero-order valence-electron chi connectivity index (χ0n) is 10.3. The van der Waals surface area contributed by atoms with Gasteiger partial charge in [0.25, 0.3) is 0 Å². The Morgan fingerprint density at radius 3 is 2.12 bits per heavy atom. The lowest BCUT2D eigenvalue weighted by Gasteiger charge is -2.10. The number of nitrogens with two attached hydrogens (primary N) is 1. The molecule has 0 fully saturated rings. The van der Waals surface area contributed by atoms with Crippen molar-refractivity contribution in [2.24, 2.45) is 0 Å². The van der Waals surface area contributed by atoms with Gasteiger partial charge in [0.1, 0.15) is 6.04 Å². The lowest BCUT2D eigenvalue weighted by molar-refractivity contribution is -0.692. The molecular weight excluding hydrogens is 206 g/mol. The Bertz CT molecular complexity index is 422. The number of benzene rings is 2. The van der Waals surface area contributed by atoms with E-state index in [0.717, 1.165) is 13.0 Å². The lowest BCUT2D eigenvalue weighted by Crippen LogP contribution is -2.85. The van der Waals surface area contributed by atoms with Crippen LogP contribution in [0.1, 0.15) is 24.1 Å². The van der Waals surface area contributed by atoms with Crippen LogP contribution in [-0.2, 0) is 6.42 Å². The Kier molecular flexibility index (Phi) is 4.34. The molecule has 2 aromatic carbocycles. The molecule has 0 spiro atoms. The van der Waals surface area contributed by atoms with E-state index in [1.54, 1.807) is 0 Å². The Labute approximate surface area is 103 Å². The first-order chi connectivity index (χ1) is 8.36. The van der Waals surface area contributed by atoms with Gasteiger partial charge in [-0.2, -0.15) is 0 Å². The van der Waals surface area contributed by atoms with Crippen LogP contribution in [-0.4, -0.2) is 6.54 Å². The van der Waals surface area contributed by atoms with Crippen molar-refractivity contribution in [2.75, 3.05) is 6.54 Å². The Balaban J connectivity index is 1.79. The molecule has 0 heterocycles. The van der Waals surface area contributed by atoms with Gasteiger partial charge < -0.3 is 5.32 Å². The van der Waals surface area contributed by atoms with Crippen LogP contribution in [0, 0.1) is 0 Å². The molecule has 17 heavy (non-hydrogen) atoms. The largest absolute Gasteiger partial charge is 0.340 e. The molecule has 0 aromatic heterocycles. The summed E-state index contributed by atoms with van der Waals surface area (Å²) in [5, 5.41) is 2.41. The summed E-state index contributed by atoms with van der Waals surface area (Å²) in [7, 11) is 0. The first-order valence-corrected chi connectivity index (χ1v) is 6.28. The fourth-order valence-electron chi connectivity index (χ4n) is 2.04. The van der Waals surface area contributed by atoms with Gasteiger partial charge in [0.15, 0.2) is 0 Å². The van der Waals surface area contributed by atoms with E-state index >= 15 is 0 Å². The highest BCUT2D eigenvalue weighted by Gasteiger charge is 2.06. The highest BCUT2D eigenvalue weighted by molar-refractivity contribution is 5.16. The van der Waals surface area contributed by atoms with Crippen molar-refractivity contribution in [3.63, 3.8) is 0 Å². The summed E-state index contributed by atoms with van der Waals surface area (Å²) >= 11 is 0. The van der Waals surface area contributed by atoms with Crippen LogP contribution >= 0.6 is 0 Å². The molecular formula is C16H20N+. The second-order valence-electron chi connectivity index (χ2n) is 4.46. The van der Waals surface area contributed by atoms with E-state index < -0.39 is 0 Å². The molecule has 0 saturated heterocycles. The van der Waals surface area contributed by atoms with E-state index in [1.165, 1.54) is 11.1 Å². The van der Waals surface area contributed by atoms with Crippen LogP contribution in [0.3, 0.4) is 0 Å². The predicted molar refractivity (Wildman–Crippen MR) is 71.8 cm³/mol. The highest BCUT2D eigenvalue weighted by Crippen LogP contribution is 2.06. The number of hydrogen-bond donors (Lipinski definition) is 1. The first-order valence-electron chi connectivity index (χ1n) is 6.28. The molecule has 0 amide bonds. The summed E-state index contributed by atoms with van der Waals surface area (Å²) in [5.74, 6) is 0. The van der Waals surface area contributed by atoms with Gasteiger partial charge in [0, 0.05) is 12.0 Å². The van der Waals surface area contributed by atoms with E-state index in [-0.39, 0.29) is 0 Å². The number of rotatable bonds is 5. The van der Waals surface area contributed by atoms with E-state index in [2.05, 4.69) is 72.9 Å². The molecule has 2 N–H and O–H groups in total. The van der Waals surface area contributed by atoms with Crippen molar-refractivity contribution < 1.29 is 5.32 Å². The van der Waals surface area contributed by atoms with Gasteiger partial charge >= 0.3 is 0 Å². The number of quaternary nitrogens is 1. The third-order valence-electron chi connectivity index (χ3n) is 3.12. The molecule has 0 saturated carbocycles. The summed E-state index contributed by atoms with van der Waals surface area (Å²) in [6.45, 7) is 3.40. The fourth-order valence-corrected chi connectivity index (χ4v) is 2.04. The molecule has 0 bridgehead atoms. The third-order valence-corrected chi connectivity index (χ3v) is 3.12. The summed E-state index contributed by atoms with van der Waals surface area (Å²) in [6.07, 6.45) is 1.14. The van der Waals surface area contributed by atoms with E-state index in [4.69, 9.17) is 0 Å². The molecule has 0 unspecified atom stereocenters. The summed E-state index contributed by atoms with van der Waals surface area (Å²) < 4.78 is 0. The van der Waals surface area contributed by atoms with Gasteiger partial charge in [-0.3, -0.25) is 0 Å². The van der Waals surface area contributed by atoms with Gasteiger partial charge in [-0.1, -0.05) is 60.7 Å². The molecule has 1 nitrogen and oxygen atoms in total. The van der Waals surface area contributed by atoms with E-state index in [9.17, 15) is 0 Å². The van der Waals surface area contributed by atoms with Crippen LogP contribution in [0.2, 0.25) is 0 Å². The predicted octanol–water partition coefficient (Wildman–Crippen LogP) is 2.55. The van der Waals surface area contributed by atoms with E-state index in [0.29, 0.717) is 6.04 Å². The Morgan fingerprint density at radius 2 is 1.47 bits per heavy atom. The summed E-state index contributed by atoms with van der Waals surface area (Å²) in [5.41, 5.74) is 2.82. The molecule has 0 radical (unpaired) electrons. The zero-order valence-corrected chi connectivity index (χ0v) is 10.3. The van der Waals surface area contributed by atoms with Gasteiger partial charge in [0.05, 0.1) is 6.54 Å². The average Bonchev–Trinajstić information content (AvgIpc) is 2.41. The average molecular weight is 226 g/mol. The maximum atomic E-state index is 2.41. The van der Waals surface area contributed by atoms with Gasteiger partial charge in [0.2, 0.25) is 0 Å². The van der Waals surface area contributed by atoms with Crippen LogP contribution in [0.25, 0.3) is 0 Å². The van der Waals surface area contributed by atoms with Crippen LogP contribution in [0.5, 0.6) is 0 Å². The monoisotopic (exact) mass is 226 g/mol. The molecule has 2 aromatic rings. The molecule has 1 atom stereocenters. The first kappa shape index (κ1) is 11.9. The minimum atomic E-state index is 0.542. The fraction of sp³-hybridized carbons (Fsp3) is 0.250. The van der Waals surface area contributed by atoms with Crippen LogP contribution < -0.4 is 5.32 Å². The maximum Gasteiger partial charge on any atom is 0.109 e. The molecule has 0 aliphatic carbocycles. The summed E-state index contributed by atoms with van der Waals surface area (Å²) in [4.78, 5) is 0. The van der Waals surface area contributed by atoms with Gasteiger partial charge in [-0.05, 0) is 12.5 Å². The van der Waals surface area contributed by atoms with Crippen molar-refractivity contribution in [1.29, 1.82) is 0 Å². The van der Waals surface area contributed by atoms with Crippen molar-refractivity contribution in [3.05, 3.63) is 71.8 Å². The normalized spacial score (nSPS) is 12.3. The molecule has 88 valence electrons. The number of hydrogen-bond acceptors (Lipinski definition) is 0. The Hall–Kier alpha value is -1.60. The topological polar surface area (TPSA) is 16.6 Å². The van der Waals surface area contributed by atoms with Crippen molar-refractivity contribution in [3.8, 4) is 0 Å². The van der Waals surface area contributed by atoms with Crippen molar-refractivity contribution >= 4 is 0 Å². The zero-order chi connectivity index (χ0) is 11.9. The SMILES string of the molecule is C[C@@H]([NH2+]CCc1ccccc1)c1ccccc1. The maximum absolute atomic E-state index is 2.41. The van der Waals surface area contributed by atoms with Crippen molar-refractivity contribution in [2.45, 2.75) is 19.4 Å². The van der Waals surface area contributed by atoms with Gasteiger partial charge in [-0.15, -0.1) is 0 Å². The molecule has 0 aliphatic rings. The molecule has 1 heteroatoms. The second-order valence-corrected chi connectivity index (χ2v) is 4.46. The lowest BCUT2D eigenvalue weighted by atomic mass is 10.1. The quantitative estimate of drug-likeness (QED) is 0.807. The van der Waals surface area contributed by atoms with Gasteiger partial charge in [-0.25, -0.2) is 0 Å². The molecule has 2 rings (SSSR count). The third kappa shape index (κ3) is 3.72. The smallest absolute Gasteiger partial charge is 0.109 e. The second kappa shape index (κ2) is 6.21. The highest BCUT2D eigenvalue weighted by atomic mass is 14.9. The van der Waals surface area contributed by atoms with E-state index in [1.807, 2.05) is 0 Å². The molecule has 0 aliphatic heterocycles. The van der Waals surface area contributed by atoms with Crippen LogP contribution in [0.4, 0.5) is 0 Å². The van der Waals surface area contributed by atoms with Crippen molar-refractivity contribution in [1.82, 2.24) is 0 Å². The summed E-state index contributed by atoms with van der Waals surface area (Å²) in [6, 6.07) is 21.9. The standard InChI is InChI=1S/C16H19N/c1-14(16-10-6-3-7-11-16)17-13-12-15-8-4-2-5-9-15/h2-11,14,17H,12-13H2,1H3/p+1/t14-/m1/s1. The Morgan fingerprint density at radius 1 is 0.882 bits per heavy atom. The van der Waals surface area contributed by atoms with Crippen LogP contribution in [0.15, 0.2) is 60.7 Å². The minimum Gasteiger partial charge on any atom is -0.340 e. The minimum absolute atomic E-state index is 0.542.